The van der Waals surface area contributed by atoms with Gasteiger partial charge in [0.25, 0.3) is 0 Å². The van der Waals surface area contributed by atoms with Crippen LogP contribution in [-0.2, 0) is 13.0 Å². The van der Waals surface area contributed by atoms with Crippen LogP contribution in [-0.4, -0.2) is 12.1 Å². The van der Waals surface area contributed by atoms with Crippen molar-refractivity contribution in [3.8, 4) is 5.75 Å². The number of guanidine groups is 1. The summed E-state index contributed by atoms with van der Waals surface area (Å²) in [7, 11) is 0. The van der Waals surface area contributed by atoms with Gasteiger partial charge in [-0.15, -0.1) is 24.0 Å². The molecule has 0 saturated heterocycles. The molecule has 0 aliphatic heterocycles. The number of hydrogen-bond donors (Lipinski definition) is 2. The Balaban J connectivity index is 0.00000225. The molecule has 0 unspecified atom stereocenters. The number of para-hydroxylation sites is 1. The molecular formula is C20H26IN3O. The van der Waals surface area contributed by atoms with Crippen LogP contribution in [0.4, 0.5) is 5.69 Å². The molecule has 1 fully saturated rings. The molecule has 1 aliphatic carbocycles. The van der Waals surface area contributed by atoms with Crippen LogP contribution >= 0.6 is 24.0 Å². The largest absolute Gasteiger partial charge is 0.490 e. The number of nitrogens with one attached hydrogen (secondary N) is 1. The van der Waals surface area contributed by atoms with Gasteiger partial charge < -0.3 is 15.8 Å². The Bertz CT molecular complexity index is 714. The van der Waals surface area contributed by atoms with E-state index in [0.717, 1.165) is 36.3 Å². The standard InChI is InChI=1S/C20H25N3O.HI/c1-2-15-7-5-9-17(13-15)23-20(21)22-14-16-8-3-4-12-19(16)24-18-10-6-11-18;/h3-5,7-9,12-13,18H,2,6,10-11,14H2,1H3,(H3,21,22,23);1H. The van der Waals surface area contributed by atoms with Crippen LogP contribution in [0.25, 0.3) is 0 Å². The van der Waals surface area contributed by atoms with Crippen LogP contribution < -0.4 is 15.8 Å². The van der Waals surface area contributed by atoms with Crippen molar-refractivity contribution < 1.29 is 4.74 Å². The topological polar surface area (TPSA) is 59.6 Å². The van der Waals surface area contributed by atoms with Crippen LogP contribution in [0, 0.1) is 0 Å². The molecule has 1 aliphatic rings. The minimum absolute atomic E-state index is 0. The second-order valence-electron chi connectivity index (χ2n) is 6.16. The maximum atomic E-state index is 6.03. The lowest BCUT2D eigenvalue weighted by Gasteiger charge is -2.27. The number of aryl methyl sites for hydroxylation is 1. The summed E-state index contributed by atoms with van der Waals surface area (Å²) in [6.45, 7) is 2.64. The van der Waals surface area contributed by atoms with Crippen molar-refractivity contribution in [1.82, 2.24) is 0 Å². The van der Waals surface area contributed by atoms with Gasteiger partial charge in [-0.25, -0.2) is 4.99 Å². The van der Waals surface area contributed by atoms with Crippen molar-refractivity contribution in [3.05, 3.63) is 59.7 Å². The minimum Gasteiger partial charge on any atom is -0.490 e. The smallest absolute Gasteiger partial charge is 0.193 e. The van der Waals surface area contributed by atoms with Gasteiger partial charge in [0.1, 0.15) is 5.75 Å². The number of rotatable bonds is 6. The van der Waals surface area contributed by atoms with Crippen LogP contribution in [0.1, 0.15) is 37.3 Å². The Labute approximate surface area is 166 Å². The van der Waals surface area contributed by atoms with Gasteiger partial charge in [-0.2, -0.15) is 0 Å². The molecule has 0 atom stereocenters. The maximum absolute atomic E-state index is 6.03. The molecule has 0 spiro atoms. The fourth-order valence-electron chi connectivity index (χ4n) is 2.64. The number of nitrogens with two attached hydrogens (primary N) is 1. The van der Waals surface area contributed by atoms with Crippen molar-refractivity contribution in [1.29, 1.82) is 0 Å². The third-order valence-corrected chi connectivity index (χ3v) is 4.35. The molecule has 0 heterocycles. The van der Waals surface area contributed by atoms with Crippen molar-refractivity contribution in [3.63, 3.8) is 0 Å². The number of ether oxygens (including phenoxy) is 1. The van der Waals surface area contributed by atoms with Gasteiger partial charge >= 0.3 is 0 Å². The molecule has 25 heavy (non-hydrogen) atoms. The zero-order valence-electron chi connectivity index (χ0n) is 14.6. The average Bonchev–Trinajstić information content (AvgIpc) is 2.57. The van der Waals surface area contributed by atoms with Gasteiger partial charge in [-0.05, 0) is 49.4 Å². The zero-order chi connectivity index (χ0) is 16.8. The minimum atomic E-state index is 0. The van der Waals surface area contributed by atoms with E-state index in [1.165, 1.54) is 12.0 Å². The van der Waals surface area contributed by atoms with E-state index in [2.05, 4.69) is 29.4 Å². The highest BCUT2D eigenvalue weighted by Gasteiger charge is 2.20. The van der Waals surface area contributed by atoms with E-state index in [9.17, 15) is 0 Å². The van der Waals surface area contributed by atoms with E-state index in [4.69, 9.17) is 10.5 Å². The highest BCUT2D eigenvalue weighted by atomic mass is 127. The van der Waals surface area contributed by atoms with Crippen LogP contribution in [0.2, 0.25) is 0 Å². The average molecular weight is 451 g/mol. The summed E-state index contributed by atoms with van der Waals surface area (Å²) in [4.78, 5) is 4.46. The van der Waals surface area contributed by atoms with E-state index in [1.54, 1.807) is 0 Å². The van der Waals surface area contributed by atoms with Crippen molar-refractivity contribution in [2.75, 3.05) is 5.32 Å². The lowest BCUT2D eigenvalue weighted by molar-refractivity contribution is 0.119. The van der Waals surface area contributed by atoms with Crippen molar-refractivity contribution in [2.45, 2.75) is 45.3 Å². The molecule has 5 heteroatoms. The molecule has 134 valence electrons. The predicted octanol–water partition coefficient (Wildman–Crippen LogP) is 4.73. The van der Waals surface area contributed by atoms with Crippen LogP contribution in [0.5, 0.6) is 5.75 Å². The highest BCUT2D eigenvalue weighted by Crippen LogP contribution is 2.27. The summed E-state index contributed by atoms with van der Waals surface area (Å²) in [5.41, 5.74) is 9.34. The fourth-order valence-corrected chi connectivity index (χ4v) is 2.64. The van der Waals surface area contributed by atoms with Crippen molar-refractivity contribution in [2.24, 2.45) is 10.7 Å². The summed E-state index contributed by atoms with van der Waals surface area (Å²) in [6, 6.07) is 16.3. The molecule has 0 aromatic heterocycles. The van der Waals surface area contributed by atoms with E-state index in [-0.39, 0.29) is 24.0 Å². The molecule has 3 rings (SSSR count). The summed E-state index contributed by atoms with van der Waals surface area (Å²) in [5, 5.41) is 3.16. The number of benzene rings is 2. The SMILES string of the molecule is CCc1cccc(NC(N)=NCc2ccccc2OC2CCC2)c1.I. The predicted molar refractivity (Wildman–Crippen MR) is 115 cm³/mol. The molecule has 0 amide bonds. The second-order valence-corrected chi connectivity index (χ2v) is 6.16. The third kappa shape index (κ3) is 5.63. The van der Waals surface area contributed by atoms with E-state index in [0.29, 0.717) is 18.6 Å². The quantitative estimate of drug-likeness (QED) is 0.380. The number of anilines is 1. The molecule has 3 N–H and O–H groups in total. The first-order chi connectivity index (χ1) is 11.7. The first-order valence-electron chi connectivity index (χ1n) is 8.65. The van der Waals surface area contributed by atoms with Crippen molar-refractivity contribution >= 4 is 35.6 Å². The van der Waals surface area contributed by atoms with E-state index < -0.39 is 0 Å². The summed E-state index contributed by atoms with van der Waals surface area (Å²) in [6.07, 6.45) is 4.92. The second kappa shape index (κ2) is 9.65. The lowest BCUT2D eigenvalue weighted by atomic mass is 9.96. The molecule has 2 aromatic carbocycles. The molecule has 0 bridgehead atoms. The molecule has 0 radical (unpaired) electrons. The first-order valence-corrected chi connectivity index (χ1v) is 8.65. The number of aliphatic imine (C=N–C) groups is 1. The maximum Gasteiger partial charge on any atom is 0.193 e. The number of halogens is 1. The first kappa shape index (κ1) is 19.6. The van der Waals surface area contributed by atoms with E-state index >= 15 is 0 Å². The Hall–Kier alpha value is -1.76. The van der Waals surface area contributed by atoms with Gasteiger partial charge in [0, 0.05) is 11.3 Å². The normalized spacial score (nSPS) is 14.4. The Morgan fingerprint density at radius 1 is 1.20 bits per heavy atom. The van der Waals surface area contributed by atoms with Gasteiger partial charge in [-0.1, -0.05) is 37.3 Å². The number of hydrogen-bond acceptors (Lipinski definition) is 2. The molecule has 4 nitrogen and oxygen atoms in total. The van der Waals surface area contributed by atoms with Crippen LogP contribution in [0.15, 0.2) is 53.5 Å². The summed E-state index contributed by atoms with van der Waals surface area (Å²) < 4.78 is 6.03. The van der Waals surface area contributed by atoms with Gasteiger partial charge in [-0.3, -0.25) is 0 Å². The van der Waals surface area contributed by atoms with E-state index in [1.807, 2.05) is 36.4 Å². The molecule has 2 aromatic rings. The summed E-state index contributed by atoms with van der Waals surface area (Å²) >= 11 is 0. The Kier molecular flexibility index (Phi) is 7.55. The van der Waals surface area contributed by atoms with Gasteiger partial charge in [0.05, 0.1) is 12.6 Å². The lowest BCUT2D eigenvalue weighted by Crippen LogP contribution is -2.25. The fraction of sp³-hybridized carbons (Fsp3) is 0.350. The number of nitrogens with zero attached hydrogens (tertiary/aromatic N) is 1. The molecular weight excluding hydrogens is 425 g/mol. The third-order valence-electron chi connectivity index (χ3n) is 4.35. The monoisotopic (exact) mass is 451 g/mol. The zero-order valence-corrected chi connectivity index (χ0v) is 16.9. The van der Waals surface area contributed by atoms with Gasteiger partial charge in [0.2, 0.25) is 0 Å². The van der Waals surface area contributed by atoms with Gasteiger partial charge in [0.15, 0.2) is 5.96 Å². The highest BCUT2D eigenvalue weighted by molar-refractivity contribution is 14.0. The summed E-state index contributed by atoms with van der Waals surface area (Å²) in [5.74, 6) is 1.34. The Morgan fingerprint density at radius 2 is 2.00 bits per heavy atom. The Morgan fingerprint density at radius 3 is 2.72 bits per heavy atom. The van der Waals surface area contributed by atoms with Crippen LogP contribution in [0.3, 0.4) is 0 Å². The molecule has 1 saturated carbocycles.